The van der Waals surface area contributed by atoms with Gasteiger partial charge in [-0.15, -0.1) is 11.3 Å². The van der Waals surface area contributed by atoms with E-state index in [1.54, 1.807) is 22.3 Å². The molecule has 4 rings (SSSR count). The van der Waals surface area contributed by atoms with Crippen molar-refractivity contribution in [1.29, 1.82) is 0 Å². The number of hydrogen-bond acceptors (Lipinski definition) is 5. The first-order valence-electron chi connectivity index (χ1n) is 9.74. The zero-order valence-corrected chi connectivity index (χ0v) is 16.9. The number of hydrogen-bond donors (Lipinski definition) is 1. The Hall–Kier alpha value is -2.41. The Morgan fingerprint density at radius 2 is 2.04 bits per heavy atom. The van der Waals surface area contributed by atoms with Gasteiger partial charge in [-0.05, 0) is 60.2 Å². The van der Waals surface area contributed by atoms with Crippen molar-refractivity contribution in [3.8, 4) is 0 Å². The number of rotatable bonds is 4. The fourth-order valence-electron chi connectivity index (χ4n) is 3.93. The number of nitrogens with one attached hydrogen (secondary N) is 1. The number of esters is 1. The quantitative estimate of drug-likeness (QED) is 0.801. The zero-order valence-electron chi connectivity index (χ0n) is 16.1. The largest absolute Gasteiger partial charge is 0.448 e. The second-order valence-corrected chi connectivity index (χ2v) is 8.82. The number of carbonyl (C=O) groups is 2. The molecule has 1 N–H and O–H groups in total. The van der Waals surface area contributed by atoms with Crippen LogP contribution in [0.25, 0.3) is 0 Å². The molecule has 0 fully saturated rings. The fraction of sp³-hybridized carbons (Fsp3) is 0.476. The summed E-state index contributed by atoms with van der Waals surface area (Å²) in [7, 11) is 0. The number of aromatic nitrogens is 1. The number of aromatic amines is 1. The molecule has 1 aliphatic heterocycles. The van der Waals surface area contributed by atoms with E-state index in [0.717, 1.165) is 42.5 Å². The summed E-state index contributed by atoms with van der Waals surface area (Å²) in [4.78, 5) is 43.9. The minimum Gasteiger partial charge on any atom is -0.448 e. The van der Waals surface area contributed by atoms with E-state index >= 15 is 0 Å². The predicted octanol–water partition coefficient (Wildman–Crippen LogP) is 2.69. The molecule has 6 nitrogen and oxygen atoms in total. The molecule has 2 aromatic heterocycles. The van der Waals surface area contributed by atoms with Crippen LogP contribution in [0.4, 0.5) is 0 Å². The van der Waals surface area contributed by atoms with Crippen molar-refractivity contribution in [2.45, 2.75) is 52.2 Å². The highest BCUT2D eigenvalue weighted by Crippen LogP contribution is 2.26. The van der Waals surface area contributed by atoms with Gasteiger partial charge >= 0.3 is 5.97 Å². The van der Waals surface area contributed by atoms with E-state index in [1.165, 1.54) is 4.88 Å². The van der Waals surface area contributed by atoms with Crippen LogP contribution in [0.3, 0.4) is 0 Å². The van der Waals surface area contributed by atoms with Gasteiger partial charge in [0.05, 0.1) is 0 Å². The van der Waals surface area contributed by atoms with Gasteiger partial charge < -0.3 is 14.6 Å². The Bertz CT molecular complexity index is 975. The van der Waals surface area contributed by atoms with E-state index in [9.17, 15) is 14.4 Å². The van der Waals surface area contributed by atoms with E-state index < -0.39 is 17.6 Å². The van der Waals surface area contributed by atoms with E-state index in [2.05, 4.69) is 4.98 Å². The van der Waals surface area contributed by atoms with E-state index in [1.807, 2.05) is 25.3 Å². The van der Waals surface area contributed by atoms with Gasteiger partial charge in [-0.1, -0.05) is 13.8 Å². The molecule has 3 heterocycles. The molecule has 0 bridgehead atoms. The lowest BCUT2D eigenvalue weighted by Crippen LogP contribution is -2.46. The first-order chi connectivity index (χ1) is 13.4. The van der Waals surface area contributed by atoms with Crippen LogP contribution in [0.2, 0.25) is 0 Å². The number of pyridine rings is 1. The number of H-pyrrole nitrogens is 1. The van der Waals surface area contributed by atoms with Crippen LogP contribution < -0.4 is 5.56 Å². The maximum absolute atomic E-state index is 13.1. The van der Waals surface area contributed by atoms with Crippen molar-refractivity contribution in [1.82, 2.24) is 9.88 Å². The smallest absolute Gasteiger partial charge is 0.344 e. The molecule has 148 valence electrons. The van der Waals surface area contributed by atoms with Crippen LogP contribution >= 0.6 is 11.3 Å². The van der Waals surface area contributed by atoms with E-state index in [-0.39, 0.29) is 17.4 Å². The normalized spacial score (nSPS) is 16.6. The molecule has 1 aliphatic carbocycles. The van der Waals surface area contributed by atoms with Gasteiger partial charge in [0.25, 0.3) is 11.5 Å². The third-order valence-corrected chi connectivity index (χ3v) is 6.53. The van der Waals surface area contributed by atoms with Crippen molar-refractivity contribution >= 4 is 23.2 Å². The van der Waals surface area contributed by atoms with Crippen molar-refractivity contribution < 1.29 is 14.3 Å². The summed E-state index contributed by atoms with van der Waals surface area (Å²) in [6, 6.07) is 3.67. The predicted molar refractivity (Wildman–Crippen MR) is 107 cm³/mol. The lowest BCUT2D eigenvalue weighted by Gasteiger charge is -2.31. The van der Waals surface area contributed by atoms with Gasteiger partial charge in [-0.25, -0.2) is 4.79 Å². The Morgan fingerprint density at radius 3 is 2.82 bits per heavy atom. The number of amides is 1. The van der Waals surface area contributed by atoms with Crippen LogP contribution in [0.15, 0.2) is 22.3 Å². The molecule has 0 saturated heterocycles. The molecule has 7 heteroatoms. The minimum atomic E-state index is -0.902. The molecule has 28 heavy (non-hydrogen) atoms. The van der Waals surface area contributed by atoms with E-state index in [0.29, 0.717) is 13.1 Å². The molecule has 0 spiro atoms. The maximum Gasteiger partial charge on any atom is 0.344 e. The highest BCUT2D eigenvalue weighted by atomic mass is 32.1. The summed E-state index contributed by atoms with van der Waals surface area (Å²) in [6.07, 6.45) is 2.56. The number of nitrogens with zero attached hydrogens (tertiary/aromatic N) is 1. The zero-order chi connectivity index (χ0) is 19.8. The lowest BCUT2D eigenvalue weighted by atomic mass is 10.0. The molecular weight excluding hydrogens is 376 g/mol. The highest BCUT2D eigenvalue weighted by molar-refractivity contribution is 7.10. The monoisotopic (exact) mass is 400 g/mol. The maximum atomic E-state index is 13.1. The van der Waals surface area contributed by atoms with Crippen molar-refractivity contribution in [2.75, 3.05) is 6.54 Å². The van der Waals surface area contributed by atoms with Gasteiger partial charge in [0.2, 0.25) is 0 Å². The van der Waals surface area contributed by atoms with Crippen LogP contribution in [0.1, 0.15) is 52.3 Å². The standard InChI is InChI=1S/C21H24N2O4S/c1-12(2)18(20(25)23-8-6-17-14(11-23)7-9-28-17)27-21(26)15-10-13-4-3-5-16(13)22-19(15)24/h7,9-10,12,18H,3-6,8,11H2,1-2H3,(H,22,24)/t18-/m1/s1. The van der Waals surface area contributed by atoms with Crippen LogP contribution in [0.5, 0.6) is 0 Å². The first-order valence-corrected chi connectivity index (χ1v) is 10.6. The first kappa shape index (κ1) is 18.9. The Morgan fingerprint density at radius 1 is 1.21 bits per heavy atom. The Kier molecular flexibility index (Phi) is 5.10. The van der Waals surface area contributed by atoms with Crippen LogP contribution in [-0.2, 0) is 35.3 Å². The molecule has 2 aliphatic rings. The minimum absolute atomic E-state index is 0.0159. The SMILES string of the molecule is CC(C)[C@@H](OC(=O)c1cc2c([nH]c1=O)CCC2)C(=O)N1CCc2sccc2C1. The lowest BCUT2D eigenvalue weighted by molar-refractivity contribution is -0.144. The molecule has 0 aromatic carbocycles. The molecule has 1 amide bonds. The fourth-order valence-corrected chi connectivity index (χ4v) is 4.82. The second kappa shape index (κ2) is 7.54. The summed E-state index contributed by atoms with van der Waals surface area (Å²) in [5.41, 5.74) is 2.59. The number of aryl methyl sites for hydroxylation is 2. The van der Waals surface area contributed by atoms with Gasteiger partial charge in [0.15, 0.2) is 6.10 Å². The van der Waals surface area contributed by atoms with Crippen LogP contribution in [-0.4, -0.2) is 34.4 Å². The molecule has 0 radical (unpaired) electrons. The summed E-state index contributed by atoms with van der Waals surface area (Å²) >= 11 is 1.71. The average molecular weight is 401 g/mol. The summed E-state index contributed by atoms with van der Waals surface area (Å²) in [6.45, 7) is 4.86. The van der Waals surface area contributed by atoms with Crippen molar-refractivity contribution in [2.24, 2.45) is 5.92 Å². The van der Waals surface area contributed by atoms with Gasteiger partial charge in [-0.2, -0.15) is 0 Å². The number of carbonyl (C=O) groups excluding carboxylic acids is 2. The van der Waals surface area contributed by atoms with Crippen LogP contribution in [0, 0.1) is 5.92 Å². The topological polar surface area (TPSA) is 79.5 Å². The van der Waals surface area contributed by atoms with Crippen molar-refractivity contribution in [3.05, 3.63) is 55.1 Å². The second-order valence-electron chi connectivity index (χ2n) is 7.82. The number of ether oxygens (including phenoxy) is 1. The summed E-state index contributed by atoms with van der Waals surface area (Å²) in [5.74, 6) is -1.11. The van der Waals surface area contributed by atoms with Gasteiger partial charge in [0, 0.05) is 23.7 Å². The molecule has 0 unspecified atom stereocenters. The van der Waals surface area contributed by atoms with Gasteiger partial charge in [-0.3, -0.25) is 9.59 Å². The molecule has 0 saturated carbocycles. The van der Waals surface area contributed by atoms with E-state index in [4.69, 9.17) is 4.74 Å². The molecule has 1 atom stereocenters. The Labute approximate surface area is 167 Å². The summed E-state index contributed by atoms with van der Waals surface area (Å²) in [5, 5.41) is 2.04. The highest BCUT2D eigenvalue weighted by Gasteiger charge is 2.33. The third-order valence-electron chi connectivity index (χ3n) is 5.51. The average Bonchev–Trinajstić information content (AvgIpc) is 3.32. The molecule has 2 aromatic rings. The number of thiophene rings is 1. The third kappa shape index (κ3) is 3.51. The molecular formula is C21H24N2O4S. The van der Waals surface area contributed by atoms with Crippen molar-refractivity contribution in [3.63, 3.8) is 0 Å². The number of fused-ring (bicyclic) bond motifs is 2. The Balaban J connectivity index is 1.52. The summed E-state index contributed by atoms with van der Waals surface area (Å²) < 4.78 is 5.58. The van der Waals surface area contributed by atoms with Gasteiger partial charge in [0.1, 0.15) is 5.56 Å².